The van der Waals surface area contributed by atoms with Crippen molar-refractivity contribution in [2.45, 2.75) is 25.9 Å². The molecule has 0 atom stereocenters. The second-order valence-electron chi connectivity index (χ2n) is 8.18. The number of benzene rings is 2. The van der Waals surface area contributed by atoms with Crippen LogP contribution in [0.2, 0.25) is 5.15 Å². The molecule has 1 amide bonds. The molecule has 3 aromatic rings. The van der Waals surface area contributed by atoms with E-state index in [0.717, 1.165) is 5.56 Å². The number of carbonyl (C=O) groups is 1. The fourth-order valence-corrected chi connectivity index (χ4v) is 3.83. The number of anilines is 1. The summed E-state index contributed by atoms with van der Waals surface area (Å²) in [6.07, 6.45) is 1.41. The van der Waals surface area contributed by atoms with E-state index >= 15 is 0 Å². The molecule has 0 aliphatic carbocycles. The molecular weight excluding hydrogens is 600 g/mol. The van der Waals surface area contributed by atoms with Gasteiger partial charge in [-0.15, -0.1) is 37.2 Å². The van der Waals surface area contributed by atoms with E-state index in [-0.39, 0.29) is 79.0 Å². The summed E-state index contributed by atoms with van der Waals surface area (Å²) in [5.41, 5.74) is 18.1. The van der Waals surface area contributed by atoms with Crippen LogP contribution in [0.15, 0.2) is 64.4 Å². The van der Waals surface area contributed by atoms with Gasteiger partial charge in [-0.05, 0) is 18.4 Å². The predicted octanol–water partition coefficient (Wildman–Crippen LogP) is 2.90. The number of rotatable bonds is 12. The predicted molar refractivity (Wildman–Crippen MR) is 168 cm³/mol. The van der Waals surface area contributed by atoms with Crippen LogP contribution in [0.4, 0.5) is 5.82 Å². The topological polar surface area (TPSA) is 190 Å². The van der Waals surface area contributed by atoms with Crippen LogP contribution in [0.3, 0.4) is 0 Å². The van der Waals surface area contributed by atoms with Crippen LogP contribution in [-0.4, -0.2) is 40.3 Å². The van der Waals surface area contributed by atoms with E-state index in [1.54, 1.807) is 36.4 Å². The molecule has 1 heterocycles. The summed E-state index contributed by atoms with van der Waals surface area (Å²) in [4.78, 5) is 34.4. The van der Waals surface area contributed by atoms with Crippen LogP contribution in [0, 0.1) is 5.41 Å². The lowest BCUT2D eigenvalue weighted by Gasteiger charge is -2.16. The van der Waals surface area contributed by atoms with Gasteiger partial charge in [-0.1, -0.05) is 66.2 Å². The zero-order chi connectivity index (χ0) is 26.8. The first-order chi connectivity index (χ1) is 17.8. The average Bonchev–Trinajstić information content (AvgIpc) is 2.88. The molecule has 0 saturated heterocycles. The fourth-order valence-electron chi connectivity index (χ4n) is 3.53. The Balaban J connectivity index is 0.00000507. The Morgan fingerprint density at radius 3 is 2.25 bits per heavy atom. The molecule has 0 fully saturated rings. The van der Waals surface area contributed by atoms with E-state index in [1.165, 1.54) is 4.57 Å². The Morgan fingerprint density at radius 1 is 1.00 bits per heavy atom. The van der Waals surface area contributed by atoms with E-state index < -0.39 is 5.56 Å². The number of amides is 1. The molecule has 2 aromatic carbocycles. The molecule has 9 N–H and O–H groups in total. The van der Waals surface area contributed by atoms with Gasteiger partial charge < -0.3 is 27.8 Å². The number of guanidine groups is 1. The lowest BCUT2D eigenvalue weighted by molar-refractivity contribution is -0.121. The molecule has 0 bridgehead atoms. The van der Waals surface area contributed by atoms with Crippen LogP contribution >= 0.6 is 48.8 Å². The number of amidine groups is 1. The number of hydrogen-bond donors (Lipinski definition) is 6. The van der Waals surface area contributed by atoms with E-state index in [0.29, 0.717) is 42.8 Å². The van der Waals surface area contributed by atoms with Crippen molar-refractivity contribution in [3.05, 3.63) is 81.2 Å². The fraction of sp³-hybridized carbons (Fsp3) is 0.240. The molecule has 11 nitrogen and oxygen atoms in total. The van der Waals surface area contributed by atoms with Gasteiger partial charge in [0.15, 0.2) is 16.9 Å². The Morgan fingerprint density at radius 2 is 1.65 bits per heavy atom. The summed E-state index contributed by atoms with van der Waals surface area (Å²) in [6.45, 7) is 0.918. The third-order valence-electron chi connectivity index (χ3n) is 5.40. The number of halogens is 4. The van der Waals surface area contributed by atoms with Crippen molar-refractivity contribution in [2.24, 2.45) is 22.2 Å². The highest BCUT2D eigenvalue weighted by Crippen LogP contribution is 2.26. The van der Waals surface area contributed by atoms with E-state index in [1.807, 2.05) is 18.2 Å². The van der Waals surface area contributed by atoms with Crippen LogP contribution in [0.25, 0.3) is 11.3 Å². The number of nitrogens with two attached hydrogens (primary N) is 3. The van der Waals surface area contributed by atoms with Gasteiger partial charge in [0.1, 0.15) is 12.4 Å². The number of aliphatic imine (C=N–C) groups is 1. The quantitative estimate of drug-likeness (QED) is 0.100. The molecule has 218 valence electrons. The van der Waals surface area contributed by atoms with Crippen molar-refractivity contribution in [2.75, 3.05) is 18.4 Å². The molecule has 0 aliphatic heterocycles. The third-order valence-corrected chi connectivity index (χ3v) is 5.66. The summed E-state index contributed by atoms with van der Waals surface area (Å²) in [6, 6.07) is 16.0. The summed E-state index contributed by atoms with van der Waals surface area (Å²) < 4.78 is 1.32. The monoisotopic (exact) mass is 631 g/mol. The first-order valence-corrected chi connectivity index (χ1v) is 12.0. The van der Waals surface area contributed by atoms with Crippen LogP contribution in [0.1, 0.15) is 24.0 Å². The third kappa shape index (κ3) is 10.6. The smallest absolute Gasteiger partial charge is 0.294 e. The van der Waals surface area contributed by atoms with Gasteiger partial charge in [0.05, 0.1) is 5.69 Å². The number of unbranched alkanes of at least 4 members (excludes halogenated alkanes) is 1. The number of aromatic nitrogens is 2. The van der Waals surface area contributed by atoms with Crippen LogP contribution in [-0.2, 0) is 17.9 Å². The van der Waals surface area contributed by atoms with E-state index in [2.05, 4.69) is 20.6 Å². The first-order valence-electron chi connectivity index (χ1n) is 11.6. The zero-order valence-corrected chi connectivity index (χ0v) is 24.6. The summed E-state index contributed by atoms with van der Waals surface area (Å²) >= 11 is 6.52. The normalized spacial score (nSPS) is 9.72. The van der Waals surface area contributed by atoms with Crippen molar-refractivity contribution in [1.82, 2.24) is 14.9 Å². The molecule has 0 aliphatic rings. The maximum atomic E-state index is 13.3. The Hall–Kier alpha value is -3.51. The number of nitrogens with zero attached hydrogens (tertiary/aromatic N) is 3. The molecule has 0 saturated carbocycles. The summed E-state index contributed by atoms with van der Waals surface area (Å²) in [7, 11) is 0. The highest BCUT2D eigenvalue weighted by atomic mass is 35.5. The van der Waals surface area contributed by atoms with Crippen LogP contribution < -0.4 is 33.4 Å². The van der Waals surface area contributed by atoms with Gasteiger partial charge in [-0.3, -0.25) is 24.6 Å². The van der Waals surface area contributed by atoms with E-state index in [9.17, 15) is 9.59 Å². The molecular formula is C25H33Cl4N9O2. The molecule has 3 rings (SSSR count). The van der Waals surface area contributed by atoms with Gasteiger partial charge in [0.2, 0.25) is 5.91 Å². The standard InChI is InChI=1S/C25H30ClN9O2.3ClH/c26-21-20(17-6-2-1-3-7-17)35(24(37)23(34-21)31-12-4-5-13-32-25(29)30)15-19(36)33-14-16-8-10-18(11-9-16)22(27)28;;;/h1-3,6-11H,4-5,12-15H2,(H3,27,28)(H,31,34)(H,33,36)(H4,29,30,32);3*1H. The van der Waals surface area contributed by atoms with E-state index in [4.69, 9.17) is 34.2 Å². The van der Waals surface area contributed by atoms with Gasteiger partial charge in [-0.25, -0.2) is 4.98 Å². The first kappa shape index (κ1) is 36.5. The Labute approximate surface area is 255 Å². The zero-order valence-electron chi connectivity index (χ0n) is 21.4. The van der Waals surface area contributed by atoms with Gasteiger partial charge in [0.25, 0.3) is 5.56 Å². The summed E-state index contributed by atoms with van der Waals surface area (Å²) in [5.74, 6) is -0.317. The molecule has 40 heavy (non-hydrogen) atoms. The number of nitrogens with one attached hydrogen (secondary N) is 3. The lowest BCUT2D eigenvalue weighted by Crippen LogP contribution is -2.34. The molecule has 0 radical (unpaired) electrons. The van der Waals surface area contributed by atoms with Crippen molar-refractivity contribution in [3.63, 3.8) is 0 Å². The van der Waals surface area contributed by atoms with Crippen molar-refractivity contribution in [1.29, 1.82) is 5.41 Å². The number of nitrogen functional groups attached to an aromatic ring is 1. The van der Waals surface area contributed by atoms with Crippen molar-refractivity contribution < 1.29 is 4.79 Å². The molecule has 0 spiro atoms. The summed E-state index contributed by atoms with van der Waals surface area (Å²) in [5, 5.41) is 13.4. The highest BCUT2D eigenvalue weighted by Gasteiger charge is 2.19. The van der Waals surface area contributed by atoms with Gasteiger partial charge in [0, 0.05) is 30.8 Å². The Kier molecular flexibility index (Phi) is 16.4. The SMILES string of the molecule is Cl.Cl.Cl.N=C(N)c1ccc(CNC(=O)Cn2c(-c3ccccc3)c(Cl)nc(NCCCCN=C(N)N)c2=O)cc1. The Bertz CT molecular complexity index is 1330. The highest BCUT2D eigenvalue weighted by molar-refractivity contribution is 6.32. The maximum absolute atomic E-state index is 13.3. The second-order valence-corrected chi connectivity index (χ2v) is 8.54. The van der Waals surface area contributed by atoms with Crippen LogP contribution in [0.5, 0.6) is 0 Å². The maximum Gasteiger partial charge on any atom is 0.294 e. The van der Waals surface area contributed by atoms with Crippen molar-refractivity contribution in [3.8, 4) is 11.3 Å². The average molecular weight is 633 g/mol. The minimum absolute atomic E-state index is 0. The number of carbonyl (C=O) groups excluding carboxylic acids is 1. The largest absolute Gasteiger partial charge is 0.384 e. The lowest BCUT2D eigenvalue weighted by atomic mass is 10.1. The molecule has 15 heteroatoms. The van der Waals surface area contributed by atoms with Gasteiger partial charge in [-0.2, -0.15) is 0 Å². The molecule has 1 aromatic heterocycles. The molecule has 0 unspecified atom stereocenters. The second kappa shape index (κ2) is 18.0. The number of hydrogen-bond acceptors (Lipinski definition) is 6. The van der Waals surface area contributed by atoms with Crippen molar-refractivity contribution >= 4 is 72.3 Å². The van der Waals surface area contributed by atoms with Gasteiger partial charge >= 0.3 is 0 Å². The minimum Gasteiger partial charge on any atom is -0.384 e. The minimum atomic E-state index is -0.464.